The molecule has 0 amide bonds. The second-order valence-corrected chi connectivity index (χ2v) is 5.71. The van der Waals surface area contributed by atoms with E-state index in [0.29, 0.717) is 6.61 Å². The van der Waals surface area contributed by atoms with Crippen LogP contribution in [-0.4, -0.2) is 46.2 Å². The lowest BCUT2D eigenvalue weighted by Crippen LogP contribution is -2.33. The van der Waals surface area contributed by atoms with Crippen molar-refractivity contribution in [1.82, 2.24) is 5.32 Å². The van der Waals surface area contributed by atoms with Crippen LogP contribution in [0.1, 0.15) is 12.8 Å². The summed E-state index contributed by atoms with van der Waals surface area (Å²) in [7, 11) is -2.87. The Bertz CT molecular complexity index is 237. The Balaban J connectivity index is 0.00000169. The molecule has 0 saturated carbocycles. The molecule has 0 aromatic heterocycles. The first-order chi connectivity index (χ1) is 6.08. The van der Waals surface area contributed by atoms with E-state index in [9.17, 15) is 8.42 Å². The van der Waals surface area contributed by atoms with Crippen molar-refractivity contribution >= 4 is 22.2 Å². The summed E-state index contributed by atoms with van der Waals surface area (Å²) in [5.41, 5.74) is 0. The van der Waals surface area contributed by atoms with Gasteiger partial charge in [0.2, 0.25) is 0 Å². The monoisotopic (exact) mass is 243 g/mol. The summed E-state index contributed by atoms with van der Waals surface area (Å²) >= 11 is 0. The normalized spacial score (nSPS) is 18.9. The van der Waals surface area contributed by atoms with Crippen LogP contribution in [0.15, 0.2) is 0 Å². The predicted octanol–water partition coefficient (Wildman–Crippen LogP) is 0.221. The molecule has 0 spiro atoms. The van der Waals surface area contributed by atoms with E-state index in [1.165, 1.54) is 6.26 Å². The molecule has 14 heavy (non-hydrogen) atoms. The van der Waals surface area contributed by atoms with Gasteiger partial charge in [-0.15, -0.1) is 12.4 Å². The van der Waals surface area contributed by atoms with Gasteiger partial charge in [0.1, 0.15) is 9.84 Å². The standard InChI is InChI=1S/C8H17NO3S.ClH/c1-13(10,11)7-6-12-8-2-4-9-5-3-8;/h8-9H,2-7H2,1H3;1H. The van der Waals surface area contributed by atoms with Crippen molar-refractivity contribution in [2.24, 2.45) is 0 Å². The van der Waals surface area contributed by atoms with E-state index in [2.05, 4.69) is 5.32 Å². The largest absolute Gasteiger partial charge is 0.377 e. The number of halogens is 1. The molecule has 1 heterocycles. The summed E-state index contributed by atoms with van der Waals surface area (Å²) in [6.45, 7) is 2.29. The number of hydrogen-bond donors (Lipinski definition) is 1. The van der Waals surface area contributed by atoms with Crippen LogP contribution in [0, 0.1) is 0 Å². The number of rotatable bonds is 4. The summed E-state index contributed by atoms with van der Waals surface area (Å²) < 4.78 is 27.0. The van der Waals surface area contributed by atoms with Gasteiger partial charge >= 0.3 is 0 Å². The van der Waals surface area contributed by atoms with E-state index in [0.717, 1.165) is 25.9 Å². The highest BCUT2D eigenvalue weighted by Gasteiger charge is 2.13. The third-order valence-corrected chi connectivity index (χ3v) is 3.00. The number of piperidine rings is 1. The van der Waals surface area contributed by atoms with Crippen LogP contribution in [0.2, 0.25) is 0 Å². The molecule has 1 fully saturated rings. The minimum Gasteiger partial charge on any atom is -0.377 e. The maximum absolute atomic E-state index is 10.8. The van der Waals surface area contributed by atoms with Gasteiger partial charge in [-0.25, -0.2) is 8.42 Å². The second-order valence-electron chi connectivity index (χ2n) is 3.45. The molecule has 1 rings (SSSR count). The highest BCUT2D eigenvalue weighted by Crippen LogP contribution is 2.06. The number of hydrogen-bond acceptors (Lipinski definition) is 4. The summed E-state index contributed by atoms with van der Waals surface area (Å²) in [6.07, 6.45) is 3.47. The van der Waals surface area contributed by atoms with Crippen molar-refractivity contribution in [2.75, 3.05) is 31.7 Å². The number of sulfone groups is 1. The Labute approximate surface area is 91.7 Å². The van der Waals surface area contributed by atoms with Crippen molar-refractivity contribution in [3.8, 4) is 0 Å². The molecule has 0 aliphatic carbocycles. The van der Waals surface area contributed by atoms with Crippen molar-refractivity contribution in [1.29, 1.82) is 0 Å². The zero-order valence-electron chi connectivity index (χ0n) is 8.36. The molecule has 4 nitrogen and oxygen atoms in total. The first-order valence-corrected chi connectivity index (χ1v) is 6.64. The van der Waals surface area contributed by atoms with Gasteiger partial charge in [-0.05, 0) is 25.9 Å². The van der Waals surface area contributed by atoms with Gasteiger partial charge in [-0.3, -0.25) is 0 Å². The SMILES string of the molecule is CS(=O)(=O)CCOC1CCNCC1.Cl. The summed E-state index contributed by atoms with van der Waals surface area (Å²) in [5.74, 6) is 0.136. The third-order valence-electron chi connectivity index (χ3n) is 2.09. The molecule has 1 aliphatic heterocycles. The minimum absolute atomic E-state index is 0. The van der Waals surface area contributed by atoms with Gasteiger partial charge < -0.3 is 10.1 Å². The maximum Gasteiger partial charge on any atom is 0.149 e. The van der Waals surface area contributed by atoms with Crippen LogP contribution in [0.5, 0.6) is 0 Å². The molecule has 1 N–H and O–H groups in total. The van der Waals surface area contributed by atoms with Crippen LogP contribution in [0.25, 0.3) is 0 Å². The fourth-order valence-corrected chi connectivity index (χ4v) is 1.73. The highest BCUT2D eigenvalue weighted by molar-refractivity contribution is 7.90. The van der Waals surface area contributed by atoms with Crippen molar-refractivity contribution in [3.63, 3.8) is 0 Å². The lowest BCUT2D eigenvalue weighted by atomic mass is 10.1. The van der Waals surface area contributed by atoms with E-state index in [1.54, 1.807) is 0 Å². The molecule has 0 atom stereocenters. The zero-order chi connectivity index (χ0) is 9.73. The van der Waals surface area contributed by atoms with Crippen molar-refractivity contribution < 1.29 is 13.2 Å². The Morgan fingerprint density at radius 2 is 1.93 bits per heavy atom. The molecule has 86 valence electrons. The molecular formula is C8H18ClNO3S. The van der Waals surface area contributed by atoms with E-state index < -0.39 is 9.84 Å². The van der Waals surface area contributed by atoms with Gasteiger partial charge in [0.05, 0.1) is 18.5 Å². The van der Waals surface area contributed by atoms with Gasteiger partial charge in [0.15, 0.2) is 0 Å². The van der Waals surface area contributed by atoms with Crippen LogP contribution in [0.3, 0.4) is 0 Å². The maximum atomic E-state index is 10.8. The van der Waals surface area contributed by atoms with Gasteiger partial charge in [0, 0.05) is 6.26 Å². The average molecular weight is 244 g/mol. The van der Waals surface area contributed by atoms with Crippen LogP contribution in [0.4, 0.5) is 0 Å². The van der Waals surface area contributed by atoms with Crippen LogP contribution < -0.4 is 5.32 Å². The molecule has 0 aromatic rings. The second kappa shape index (κ2) is 6.61. The summed E-state index contributed by atoms with van der Waals surface area (Å²) in [5, 5.41) is 3.22. The fourth-order valence-electron chi connectivity index (χ4n) is 1.33. The topological polar surface area (TPSA) is 55.4 Å². The zero-order valence-corrected chi connectivity index (χ0v) is 9.99. The van der Waals surface area contributed by atoms with Crippen LogP contribution in [-0.2, 0) is 14.6 Å². The number of ether oxygens (including phenoxy) is 1. The fraction of sp³-hybridized carbons (Fsp3) is 1.00. The molecule has 0 bridgehead atoms. The number of nitrogens with one attached hydrogen (secondary N) is 1. The summed E-state index contributed by atoms with van der Waals surface area (Å²) in [6, 6.07) is 0. The van der Waals surface area contributed by atoms with Crippen LogP contribution >= 0.6 is 12.4 Å². The lowest BCUT2D eigenvalue weighted by molar-refractivity contribution is 0.0427. The van der Waals surface area contributed by atoms with E-state index >= 15 is 0 Å². The lowest BCUT2D eigenvalue weighted by Gasteiger charge is -2.22. The molecule has 0 aromatic carbocycles. The molecule has 1 saturated heterocycles. The van der Waals surface area contributed by atoms with Gasteiger partial charge in [-0.2, -0.15) is 0 Å². The minimum atomic E-state index is -2.87. The molecule has 0 radical (unpaired) electrons. The first kappa shape index (κ1) is 14.2. The molecular weight excluding hydrogens is 226 g/mol. The van der Waals surface area contributed by atoms with E-state index in [4.69, 9.17) is 4.74 Å². The Hall–Kier alpha value is 0.160. The smallest absolute Gasteiger partial charge is 0.149 e. The quantitative estimate of drug-likeness (QED) is 0.768. The van der Waals surface area contributed by atoms with Crippen molar-refractivity contribution in [3.05, 3.63) is 0 Å². The van der Waals surface area contributed by atoms with E-state index in [1.807, 2.05) is 0 Å². The highest BCUT2D eigenvalue weighted by atomic mass is 35.5. The molecule has 6 heteroatoms. The first-order valence-electron chi connectivity index (χ1n) is 4.58. The Kier molecular flexibility index (Phi) is 6.68. The predicted molar refractivity (Wildman–Crippen MR) is 58.8 cm³/mol. The molecule has 1 aliphatic rings. The average Bonchev–Trinajstić information content (AvgIpc) is 2.04. The Morgan fingerprint density at radius 3 is 2.43 bits per heavy atom. The summed E-state index contributed by atoms with van der Waals surface area (Å²) in [4.78, 5) is 0. The van der Waals surface area contributed by atoms with Crippen molar-refractivity contribution in [2.45, 2.75) is 18.9 Å². The van der Waals surface area contributed by atoms with Gasteiger partial charge in [-0.1, -0.05) is 0 Å². The van der Waals surface area contributed by atoms with E-state index in [-0.39, 0.29) is 24.3 Å². The Morgan fingerprint density at radius 1 is 1.36 bits per heavy atom. The van der Waals surface area contributed by atoms with Gasteiger partial charge in [0.25, 0.3) is 0 Å². The third kappa shape index (κ3) is 6.59. The molecule has 0 unspecified atom stereocenters.